The zero-order chi connectivity index (χ0) is 11.5. The summed E-state index contributed by atoms with van der Waals surface area (Å²) >= 11 is 12.8. The van der Waals surface area contributed by atoms with E-state index in [2.05, 4.69) is 0 Å². The molecule has 4 heteroatoms. The Labute approximate surface area is 108 Å². The van der Waals surface area contributed by atoms with Gasteiger partial charge in [0, 0.05) is 9.90 Å². The molecule has 0 aliphatic carbocycles. The van der Waals surface area contributed by atoms with Gasteiger partial charge in [-0.3, -0.25) is 4.79 Å². The van der Waals surface area contributed by atoms with E-state index in [-0.39, 0.29) is 11.7 Å². The molecule has 0 unspecified atom stereocenters. The largest absolute Gasteiger partial charge is 0.292 e. The zero-order valence-corrected chi connectivity index (χ0v) is 10.6. The molecule has 0 saturated heterocycles. The van der Waals surface area contributed by atoms with Gasteiger partial charge in [0.05, 0.1) is 10.8 Å². The second-order valence-corrected chi connectivity index (χ2v) is 5.02. The van der Waals surface area contributed by atoms with Crippen LogP contribution >= 0.6 is 34.5 Å². The van der Waals surface area contributed by atoms with Gasteiger partial charge in [-0.15, -0.1) is 22.9 Å². The lowest BCUT2D eigenvalue weighted by Gasteiger charge is -1.96. The van der Waals surface area contributed by atoms with Crippen LogP contribution in [0.5, 0.6) is 0 Å². The van der Waals surface area contributed by atoms with Gasteiger partial charge in [-0.05, 0) is 29.8 Å². The summed E-state index contributed by atoms with van der Waals surface area (Å²) < 4.78 is 0. The molecule has 0 radical (unpaired) electrons. The average Bonchev–Trinajstić information content (AvgIpc) is 2.78. The molecule has 0 fully saturated rings. The number of carbonyl (C=O) groups excluding carboxylic acids is 1. The number of carbonyl (C=O) groups is 1. The van der Waals surface area contributed by atoms with Crippen molar-refractivity contribution in [1.82, 2.24) is 0 Å². The smallest absolute Gasteiger partial charge is 0.187 e. The van der Waals surface area contributed by atoms with Crippen LogP contribution in [-0.4, -0.2) is 11.7 Å². The highest BCUT2D eigenvalue weighted by atomic mass is 35.5. The molecule has 1 heterocycles. The predicted octanol–water partition coefficient (Wildman–Crippen LogP) is 4.49. The lowest BCUT2D eigenvalue weighted by molar-refractivity contribution is 0.102. The van der Waals surface area contributed by atoms with Gasteiger partial charge in [0.1, 0.15) is 0 Å². The molecule has 0 saturated carbocycles. The van der Waals surface area contributed by atoms with Crippen LogP contribution in [0.2, 0.25) is 5.02 Å². The number of rotatable bonds is 3. The molecule has 2 rings (SSSR count). The number of halogens is 2. The van der Waals surface area contributed by atoms with E-state index in [0.717, 1.165) is 10.4 Å². The minimum Gasteiger partial charge on any atom is -0.292 e. The van der Waals surface area contributed by atoms with Crippen molar-refractivity contribution in [3.05, 3.63) is 46.3 Å². The van der Waals surface area contributed by atoms with E-state index < -0.39 is 0 Å². The van der Waals surface area contributed by atoms with Crippen molar-refractivity contribution in [2.75, 3.05) is 5.88 Å². The summed E-state index contributed by atoms with van der Waals surface area (Å²) in [5.41, 5.74) is 1.06. The maximum absolute atomic E-state index is 11.4. The van der Waals surface area contributed by atoms with Crippen molar-refractivity contribution in [3.63, 3.8) is 0 Å². The third-order valence-electron chi connectivity index (χ3n) is 2.13. The standard InChI is InChI=1S/C12H8Cl2OS/c13-7-10(15)12-6-5-11(16-12)8-1-3-9(14)4-2-8/h1-6H,7H2. The van der Waals surface area contributed by atoms with E-state index in [1.807, 2.05) is 30.3 Å². The molecule has 1 nitrogen and oxygen atoms in total. The molecule has 0 aliphatic heterocycles. The Morgan fingerprint density at radius 1 is 1.12 bits per heavy atom. The molecule has 2 aromatic rings. The van der Waals surface area contributed by atoms with Crippen LogP contribution in [0.4, 0.5) is 0 Å². The molecule has 0 aliphatic rings. The van der Waals surface area contributed by atoms with E-state index >= 15 is 0 Å². The number of thiophene rings is 1. The SMILES string of the molecule is O=C(CCl)c1ccc(-c2ccc(Cl)cc2)s1. The van der Waals surface area contributed by atoms with Gasteiger partial charge in [-0.2, -0.15) is 0 Å². The van der Waals surface area contributed by atoms with Crippen LogP contribution in [0.1, 0.15) is 9.67 Å². The normalized spacial score (nSPS) is 10.4. The van der Waals surface area contributed by atoms with E-state index in [4.69, 9.17) is 23.2 Å². The highest BCUT2D eigenvalue weighted by Crippen LogP contribution is 2.29. The average molecular weight is 271 g/mol. The van der Waals surface area contributed by atoms with Crippen molar-refractivity contribution in [1.29, 1.82) is 0 Å². The van der Waals surface area contributed by atoms with Gasteiger partial charge in [-0.25, -0.2) is 0 Å². The summed E-state index contributed by atoms with van der Waals surface area (Å²) in [7, 11) is 0. The summed E-state index contributed by atoms with van der Waals surface area (Å²) in [5.74, 6) is -0.00695. The van der Waals surface area contributed by atoms with Gasteiger partial charge >= 0.3 is 0 Å². The number of ketones is 1. The Bertz CT molecular complexity index is 502. The summed E-state index contributed by atoms with van der Waals surface area (Å²) in [6.07, 6.45) is 0. The lowest BCUT2D eigenvalue weighted by atomic mass is 10.2. The van der Waals surface area contributed by atoms with Gasteiger partial charge in [0.2, 0.25) is 0 Å². The van der Waals surface area contributed by atoms with Gasteiger partial charge in [0.15, 0.2) is 5.78 Å². The molecule has 0 bridgehead atoms. The van der Waals surface area contributed by atoms with Crippen LogP contribution in [0.15, 0.2) is 36.4 Å². The van der Waals surface area contributed by atoms with Crippen molar-refractivity contribution < 1.29 is 4.79 Å². The van der Waals surface area contributed by atoms with Crippen molar-refractivity contribution >= 4 is 40.3 Å². The maximum atomic E-state index is 11.4. The monoisotopic (exact) mass is 270 g/mol. The first-order chi connectivity index (χ1) is 7.70. The van der Waals surface area contributed by atoms with Gasteiger partial charge in [0.25, 0.3) is 0 Å². The van der Waals surface area contributed by atoms with E-state index in [9.17, 15) is 4.79 Å². The first-order valence-corrected chi connectivity index (χ1v) is 6.38. The Kier molecular flexibility index (Phi) is 3.64. The second kappa shape index (κ2) is 5.00. The number of hydrogen-bond acceptors (Lipinski definition) is 2. The first kappa shape index (κ1) is 11.6. The molecule has 0 N–H and O–H groups in total. The molecule has 1 aromatic heterocycles. The molecule has 0 amide bonds. The molecule has 16 heavy (non-hydrogen) atoms. The molecule has 82 valence electrons. The molecular weight excluding hydrogens is 263 g/mol. The third-order valence-corrected chi connectivity index (χ3v) is 3.80. The minimum atomic E-state index is -0.0353. The Morgan fingerprint density at radius 3 is 2.44 bits per heavy atom. The number of hydrogen-bond donors (Lipinski definition) is 0. The summed E-state index contributed by atoms with van der Waals surface area (Å²) in [4.78, 5) is 13.1. The lowest BCUT2D eigenvalue weighted by Crippen LogP contribution is -1.95. The number of benzene rings is 1. The summed E-state index contributed by atoms with van der Waals surface area (Å²) in [6.45, 7) is 0. The highest BCUT2D eigenvalue weighted by Gasteiger charge is 2.08. The predicted molar refractivity (Wildman–Crippen MR) is 69.8 cm³/mol. The van der Waals surface area contributed by atoms with Crippen LogP contribution in [0.25, 0.3) is 10.4 Å². The van der Waals surface area contributed by atoms with E-state index in [1.54, 1.807) is 6.07 Å². The fourth-order valence-electron chi connectivity index (χ4n) is 1.32. The first-order valence-electron chi connectivity index (χ1n) is 4.65. The van der Waals surface area contributed by atoms with Crippen molar-refractivity contribution in [3.8, 4) is 10.4 Å². The summed E-state index contributed by atoms with van der Waals surface area (Å²) in [5, 5.41) is 0.706. The van der Waals surface area contributed by atoms with Crippen LogP contribution < -0.4 is 0 Å². The number of Topliss-reactive ketones (excluding diaryl/α,β-unsaturated/α-hetero) is 1. The number of alkyl halides is 1. The van der Waals surface area contributed by atoms with Gasteiger partial charge in [-0.1, -0.05) is 23.7 Å². The van der Waals surface area contributed by atoms with Crippen LogP contribution in [0.3, 0.4) is 0 Å². The van der Waals surface area contributed by atoms with E-state index in [0.29, 0.717) is 9.90 Å². The quantitative estimate of drug-likeness (QED) is 0.593. The van der Waals surface area contributed by atoms with Crippen molar-refractivity contribution in [2.24, 2.45) is 0 Å². The highest BCUT2D eigenvalue weighted by molar-refractivity contribution is 7.17. The molecule has 1 aromatic carbocycles. The molecule has 0 atom stereocenters. The summed E-state index contributed by atoms with van der Waals surface area (Å²) in [6, 6.07) is 11.3. The second-order valence-electron chi connectivity index (χ2n) is 3.23. The van der Waals surface area contributed by atoms with Crippen LogP contribution in [-0.2, 0) is 0 Å². The minimum absolute atomic E-state index is 0.0283. The molecule has 0 spiro atoms. The maximum Gasteiger partial charge on any atom is 0.187 e. The van der Waals surface area contributed by atoms with Crippen molar-refractivity contribution in [2.45, 2.75) is 0 Å². The van der Waals surface area contributed by atoms with Gasteiger partial charge < -0.3 is 0 Å². The Balaban J connectivity index is 2.31. The Morgan fingerprint density at radius 2 is 1.81 bits per heavy atom. The third kappa shape index (κ3) is 2.46. The molecular formula is C12H8Cl2OS. The fourth-order valence-corrected chi connectivity index (χ4v) is 2.62. The topological polar surface area (TPSA) is 17.1 Å². The fraction of sp³-hybridized carbons (Fsp3) is 0.0833. The Hall–Kier alpha value is -0.830. The van der Waals surface area contributed by atoms with Crippen LogP contribution in [0, 0.1) is 0 Å². The zero-order valence-electron chi connectivity index (χ0n) is 8.24. The van der Waals surface area contributed by atoms with E-state index in [1.165, 1.54) is 11.3 Å².